The van der Waals surface area contributed by atoms with Crippen molar-refractivity contribution < 1.29 is 5.11 Å². The number of nitrogens with zero attached hydrogens (tertiary/aromatic N) is 2. The van der Waals surface area contributed by atoms with Gasteiger partial charge in [0.25, 0.3) is 0 Å². The lowest BCUT2D eigenvalue weighted by atomic mass is 10.1. The van der Waals surface area contributed by atoms with Gasteiger partial charge in [0.15, 0.2) is 0 Å². The highest BCUT2D eigenvalue weighted by atomic mass is 16.2. The molecule has 1 aromatic rings. The molecule has 0 saturated carbocycles. The molecule has 1 aromatic heterocycles. The zero-order valence-electron chi connectivity index (χ0n) is 7.12. The molecule has 1 N–H and O–H groups in total. The average Bonchev–Trinajstić information content (AvgIpc) is 2.57. The van der Waals surface area contributed by atoms with Gasteiger partial charge in [-0.2, -0.15) is 5.10 Å². The summed E-state index contributed by atoms with van der Waals surface area (Å²) in [6, 6.07) is 0. The van der Waals surface area contributed by atoms with Gasteiger partial charge in [-0.15, -0.1) is 0 Å². The largest absolute Gasteiger partial charge is 0.266 e. The molecule has 0 aromatic carbocycles. The number of nitrogens with one attached hydrogen (secondary N) is 1. The van der Waals surface area contributed by atoms with Gasteiger partial charge in [-0.3, -0.25) is 5.10 Å². The minimum atomic E-state index is 0.0562. The predicted octanol–water partition coefficient (Wildman–Crippen LogP) is 1.34. The van der Waals surface area contributed by atoms with Gasteiger partial charge in [0.1, 0.15) is 12.2 Å². The highest BCUT2D eigenvalue weighted by Gasteiger charge is 1.95. The van der Waals surface area contributed by atoms with E-state index in [0.717, 1.165) is 37.9 Å². The SMILES string of the molecule is [O]CCCCCCc1nc[nH]n1. The molecule has 0 spiro atoms. The Morgan fingerprint density at radius 1 is 1.25 bits per heavy atom. The van der Waals surface area contributed by atoms with Gasteiger partial charge in [0.2, 0.25) is 0 Å². The Morgan fingerprint density at radius 2 is 2.08 bits per heavy atom. The van der Waals surface area contributed by atoms with E-state index in [-0.39, 0.29) is 6.61 Å². The van der Waals surface area contributed by atoms with E-state index in [9.17, 15) is 5.11 Å². The summed E-state index contributed by atoms with van der Waals surface area (Å²) in [7, 11) is 0. The fraction of sp³-hybridized carbons (Fsp3) is 0.750. The number of H-pyrrole nitrogens is 1. The fourth-order valence-electron chi connectivity index (χ4n) is 1.09. The van der Waals surface area contributed by atoms with Gasteiger partial charge in [-0.05, 0) is 12.8 Å². The van der Waals surface area contributed by atoms with Crippen molar-refractivity contribution >= 4 is 0 Å². The number of unbranched alkanes of at least 4 members (excludes halogenated alkanes) is 3. The predicted molar refractivity (Wildman–Crippen MR) is 44.1 cm³/mol. The molecule has 0 aliphatic rings. The summed E-state index contributed by atoms with van der Waals surface area (Å²) in [5, 5.41) is 16.7. The Morgan fingerprint density at radius 3 is 2.75 bits per heavy atom. The van der Waals surface area contributed by atoms with Crippen molar-refractivity contribution in [1.82, 2.24) is 15.2 Å². The first-order valence-corrected chi connectivity index (χ1v) is 4.36. The third-order valence-electron chi connectivity index (χ3n) is 1.76. The maximum atomic E-state index is 10.1. The fourth-order valence-corrected chi connectivity index (χ4v) is 1.09. The van der Waals surface area contributed by atoms with E-state index in [1.807, 2.05) is 0 Å². The number of aryl methyl sites for hydroxylation is 1. The van der Waals surface area contributed by atoms with Crippen LogP contribution in [0.15, 0.2) is 6.33 Å². The number of hydrogen-bond acceptors (Lipinski definition) is 2. The number of aromatic nitrogens is 3. The molecule has 0 unspecified atom stereocenters. The quantitative estimate of drug-likeness (QED) is 0.651. The Labute approximate surface area is 72.0 Å². The Kier molecular flexibility index (Phi) is 4.37. The van der Waals surface area contributed by atoms with Crippen molar-refractivity contribution in [3.05, 3.63) is 12.2 Å². The summed E-state index contributed by atoms with van der Waals surface area (Å²) in [6.45, 7) is 0.0562. The van der Waals surface area contributed by atoms with Crippen LogP contribution in [0.3, 0.4) is 0 Å². The van der Waals surface area contributed by atoms with Gasteiger partial charge in [-0.1, -0.05) is 12.8 Å². The maximum Gasteiger partial charge on any atom is 0.150 e. The molecule has 0 fully saturated rings. The van der Waals surface area contributed by atoms with Gasteiger partial charge < -0.3 is 0 Å². The summed E-state index contributed by atoms with van der Waals surface area (Å²) in [6.07, 6.45) is 6.53. The second-order valence-corrected chi connectivity index (χ2v) is 2.78. The second-order valence-electron chi connectivity index (χ2n) is 2.78. The lowest BCUT2D eigenvalue weighted by Crippen LogP contribution is -1.89. The molecule has 4 heteroatoms. The van der Waals surface area contributed by atoms with E-state index in [2.05, 4.69) is 15.2 Å². The smallest absolute Gasteiger partial charge is 0.150 e. The minimum absolute atomic E-state index is 0.0562. The topological polar surface area (TPSA) is 61.5 Å². The number of rotatable bonds is 6. The first kappa shape index (κ1) is 9.19. The van der Waals surface area contributed by atoms with Crippen LogP contribution in [0.5, 0.6) is 0 Å². The van der Waals surface area contributed by atoms with E-state index >= 15 is 0 Å². The molecular formula is C8H14N3O. The zero-order chi connectivity index (χ0) is 8.65. The Hall–Kier alpha value is -0.900. The van der Waals surface area contributed by atoms with E-state index in [0.29, 0.717) is 0 Å². The number of aromatic amines is 1. The van der Waals surface area contributed by atoms with E-state index in [1.54, 1.807) is 6.33 Å². The molecule has 0 amide bonds. The molecule has 0 aliphatic heterocycles. The molecule has 0 atom stereocenters. The van der Waals surface area contributed by atoms with Crippen LogP contribution in [0.4, 0.5) is 0 Å². The Bertz CT molecular complexity index is 186. The van der Waals surface area contributed by atoms with Crippen LogP contribution in [0, 0.1) is 0 Å². The molecule has 0 bridgehead atoms. The molecule has 0 saturated heterocycles. The Balaban J connectivity index is 1.96. The molecule has 1 rings (SSSR count). The van der Waals surface area contributed by atoms with E-state index in [1.165, 1.54) is 0 Å². The molecule has 12 heavy (non-hydrogen) atoms. The lowest BCUT2D eigenvalue weighted by molar-refractivity contribution is 0.186. The summed E-state index contributed by atoms with van der Waals surface area (Å²) >= 11 is 0. The summed E-state index contributed by atoms with van der Waals surface area (Å²) in [4.78, 5) is 4.01. The molecule has 1 radical (unpaired) electrons. The van der Waals surface area contributed by atoms with Crippen molar-refractivity contribution in [2.45, 2.75) is 32.1 Å². The van der Waals surface area contributed by atoms with Crippen LogP contribution in [0.25, 0.3) is 0 Å². The number of hydrogen-bond donors (Lipinski definition) is 1. The van der Waals surface area contributed by atoms with Crippen molar-refractivity contribution in [1.29, 1.82) is 0 Å². The van der Waals surface area contributed by atoms with Gasteiger partial charge in [0, 0.05) is 6.42 Å². The summed E-state index contributed by atoms with van der Waals surface area (Å²) in [5.74, 6) is 0.872. The van der Waals surface area contributed by atoms with Crippen molar-refractivity contribution in [3.8, 4) is 0 Å². The van der Waals surface area contributed by atoms with Gasteiger partial charge in [-0.25, -0.2) is 10.1 Å². The standard InChI is InChI=1S/C8H14N3O/c12-6-4-2-1-3-5-8-9-7-10-11-8/h7H,1-6H2,(H,9,10,11). The van der Waals surface area contributed by atoms with Crippen LogP contribution in [0.1, 0.15) is 31.5 Å². The average molecular weight is 168 g/mol. The molecule has 0 aliphatic carbocycles. The van der Waals surface area contributed by atoms with Crippen LogP contribution in [0.2, 0.25) is 0 Å². The molecule has 67 valence electrons. The van der Waals surface area contributed by atoms with Crippen molar-refractivity contribution in [2.75, 3.05) is 6.61 Å². The maximum absolute atomic E-state index is 10.1. The highest BCUT2D eigenvalue weighted by molar-refractivity contribution is 4.79. The van der Waals surface area contributed by atoms with Crippen LogP contribution < -0.4 is 0 Å². The van der Waals surface area contributed by atoms with Crippen LogP contribution in [-0.4, -0.2) is 21.8 Å². The molecule has 1 heterocycles. The summed E-state index contributed by atoms with van der Waals surface area (Å²) in [5.41, 5.74) is 0. The first-order chi connectivity index (χ1) is 5.93. The van der Waals surface area contributed by atoms with Gasteiger partial charge in [0.05, 0.1) is 6.61 Å². The van der Waals surface area contributed by atoms with Crippen molar-refractivity contribution in [2.24, 2.45) is 0 Å². The summed E-state index contributed by atoms with van der Waals surface area (Å²) < 4.78 is 0. The first-order valence-electron chi connectivity index (χ1n) is 4.36. The highest BCUT2D eigenvalue weighted by Crippen LogP contribution is 2.02. The third kappa shape index (κ3) is 3.48. The lowest BCUT2D eigenvalue weighted by Gasteiger charge is -1.95. The van der Waals surface area contributed by atoms with Crippen molar-refractivity contribution in [3.63, 3.8) is 0 Å². The van der Waals surface area contributed by atoms with Crippen LogP contribution >= 0.6 is 0 Å². The molecular weight excluding hydrogens is 154 g/mol. The second kappa shape index (κ2) is 5.71. The van der Waals surface area contributed by atoms with E-state index < -0.39 is 0 Å². The van der Waals surface area contributed by atoms with Gasteiger partial charge >= 0.3 is 0 Å². The minimum Gasteiger partial charge on any atom is -0.266 e. The molecule has 4 nitrogen and oxygen atoms in total. The van der Waals surface area contributed by atoms with E-state index in [4.69, 9.17) is 0 Å². The third-order valence-corrected chi connectivity index (χ3v) is 1.76. The monoisotopic (exact) mass is 168 g/mol. The zero-order valence-corrected chi connectivity index (χ0v) is 7.12. The normalized spacial score (nSPS) is 10.4. The van der Waals surface area contributed by atoms with Crippen LogP contribution in [-0.2, 0) is 11.5 Å².